The summed E-state index contributed by atoms with van der Waals surface area (Å²) in [6.45, 7) is 2.69. The molecule has 43 heavy (non-hydrogen) atoms. The summed E-state index contributed by atoms with van der Waals surface area (Å²) in [7, 11) is 4.60. The van der Waals surface area contributed by atoms with Gasteiger partial charge in [0.25, 0.3) is 0 Å². The number of likely N-dealkylation sites (tertiary alicyclic amines) is 1. The van der Waals surface area contributed by atoms with Crippen LogP contribution in [0.1, 0.15) is 37.8 Å². The van der Waals surface area contributed by atoms with E-state index in [1.165, 1.54) is 12.0 Å². The molecule has 3 heterocycles. The summed E-state index contributed by atoms with van der Waals surface area (Å²) < 4.78 is 48.1. The van der Waals surface area contributed by atoms with Crippen LogP contribution in [-0.2, 0) is 23.9 Å². The fraction of sp³-hybridized carbons (Fsp3) is 0.467. The van der Waals surface area contributed by atoms with Crippen LogP contribution in [0.2, 0.25) is 0 Å². The second-order valence-corrected chi connectivity index (χ2v) is 10.4. The number of carboxylic acid groups (broad SMARTS) is 1. The molecule has 0 aromatic heterocycles. The van der Waals surface area contributed by atoms with Crippen LogP contribution in [0.5, 0.6) is 11.5 Å². The van der Waals surface area contributed by atoms with E-state index in [2.05, 4.69) is 4.90 Å². The summed E-state index contributed by atoms with van der Waals surface area (Å²) in [5.74, 6) is -3.65. The number of hydrogen-bond acceptors (Lipinski definition) is 8. The van der Waals surface area contributed by atoms with E-state index in [1.54, 1.807) is 21.1 Å². The molecule has 2 aromatic carbocycles. The topological polar surface area (TPSA) is 123 Å². The average molecular weight is 607 g/mol. The van der Waals surface area contributed by atoms with E-state index in [9.17, 15) is 27.6 Å². The first-order valence-corrected chi connectivity index (χ1v) is 13.7. The molecule has 0 bridgehead atoms. The van der Waals surface area contributed by atoms with E-state index in [-0.39, 0.29) is 18.4 Å². The zero-order valence-electron chi connectivity index (χ0n) is 24.1. The highest BCUT2D eigenvalue weighted by Gasteiger charge is 2.72. The van der Waals surface area contributed by atoms with Crippen LogP contribution in [0.15, 0.2) is 42.5 Å². The Labute approximate surface area is 246 Å². The number of imide groups is 1. The van der Waals surface area contributed by atoms with Gasteiger partial charge in [0.05, 0.1) is 33.2 Å². The Hall–Kier alpha value is -4.13. The van der Waals surface area contributed by atoms with E-state index in [1.807, 2.05) is 42.5 Å². The Balaban J connectivity index is 0.000000541. The van der Waals surface area contributed by atoms with Crippen LogP contribution >= 0.6 is 0 Å². The predicted octanol–water partition coefficient (Wildman–Crippen LogP) is 4.08. The van der Waals surface area contributed by atoms with Crippen molar-refractivity contribution in [2.24, 2.45) is 11.8 Å². The molecular weight excluding hydrogens is 573 g/mol. The highest BCUT2D eigenvalue weighted by molar-refractivity contribution is 6.09. The Morgan fingerprint density at radius 1 is 1.00 bits per heavy atom. The van der Waals surface area contributed by atoms with Gasteiger partial charge in [-0.15, -0.1) is 0 Å². The van der Waals surface area contributed by atoms with E-state index >= 15 is 0 Å². The molecular formula is C30H33F3N2O8. The lowest BCUT2D eigenvalue weighted by Crippen LogP contribution is -2.59. The molecule has 2 amide bonds. The van der Waals surface area contributed by atoms with E-state index in [0.29, 0.717) is 18.7 Å². The zero-order chi connectivity index (χ0) is 31.7. The largest absolute Gasteiger partial charge is 0.497 e. The monoisotopic (exact) mass is 606 g/mol. The van der Waals surface area contributed by atoms with Crippen LogP contribution in [0, 0.1) is 11.8 Å². The number of hydrogen-bond donors (Lipinski definition) is 1. The van der Waals surface area contributed by atoms with Crippen LogP contribution in [0.3, 0.4) is 0 Å². The summed E-state index contributed by atoms with van der Waals surface area (Å²) in [6.07, 6.45) is -2.90. The first kappa shape index (κ1) is 31.8. The fourth-order valence-corrected chi connectivity index (χ4v) is 6.63. The maximum Gasteiger partial charge on any atom is 0.490 e. The van der Waals surface area contributed by atoms with Crippen LogP contribution in [0.4, 0.5) is 13.2 Å². The minimum atomic E-state index is -5.08. The second-order valence-electron chi connectivity index (χ2n) is 10.4. The number of carbonyl (C=O) groups excluding carboxylic acids is 3. The summed E-state index contributed by atoms with van der Waals surface area (Å²) in [6, 6.07) is 13.2. The summed E-state index contributed by atoms with van der Waals surface area (Å²) in [5, 5.41) is 7.12. The maximum absolute atomic E-state index is 13.6. The number of nitrogens with zero attached hydrogens (tertiary/aromatic N) is 2. The standard InChI is InChI=1S/C28H32N2O6.C2HF3O2/c1-5-29-25(31)22-23(26(29)32)28(27(33)36-4)14-6-7-15-30(28)24(22)18-10-13-20(21(16-18)35-3)17-8-11-19(34-2)12-9-17;3-2(4,5)1(6)7/h8-13,16,22-24H,5-7,14-15H2,1-4H3;(H,6,7)/t22-,23-,24+,28-;/m0./s1. The lowest BCUT2D eigenvalue weighted by Gasteiger charge is -2.44. The van der Waals surface area contributed by atoms with Crippen molar-refractivity contribution in [1.29, 1.82) is 0 Å². The number of carbonyl (C=O) groups is 4. The molecule has 0 radical (unpaired) electrons. The number of esters is 1. The van der Waals surface area contributed by atoms with Gasteiger partial charge in [-0.1, -0.05) is 24.3 Å². The third-order valence-electron chi connectivity index (χ3n) is 8.42. The number of amides is 2. The molecule has 3 fully saturated rings. The number of piperidine rings is 1. The van der Waals surface area contributed by atoms with Gasteiger partial charge in [0.2, 0.25) is 11.8 Å². The van der Waals surface area contributed by atoms with Crippen molar-refractivity contribution in [2.45, 2.75) is 43.9 Å². The number of ether oxygens (including phenoxy) is 3. The molecule has 2 aromatic rings. The van der Waals surface area contributed by atoms with Crippen molar-refractivity contribution in [2.75, 3.05) is 34.4 Å². The number of aliphatic carboxylic acids is 1. The molecule has 0 saturated carbocycles. The Kier molecular flexibility index (Phi) is 9.05. The molecule has 3 aliphatic heterocycles. The number of benzene rings is 2. The van der Waals surface area contributed by atoms with E-state index < -0.39 is 41.5 Å². The van der Waals surface area contributed by atoms with Crippen molar-refractivity contribution in [3.63, 3.8) is 0 Å². The lowest BCUT2D eigenvalue weighted by atomic mass is 9.75. The van der Waals surface area contributed by atoms with Gasteiger partial charge in [-0.2, -0.15) is 13.2 Å². The van der Waals surface area contributed by atoms with Crippen LogP contribution < -0.4 is 9.47 Å². The molecule has 10 nitrogen and oxygen atoms in total. The zero-order valence-corrected chi connectivity index (χ0v) is 24.1. The normalized spacial score (nSPS) is 24.9. The highest BCUT2D eigenvalue weighted by Crippen LogP contribution is 2.58. The third kappa shape index (κ3) is 5.41. The first-order chi connectivity index (χ1) is 20.4. The minimum absolute atomic E-state index is 0.214. The summed E-state index contributed by atoms with van der Waals surface area (Å²) in [5.41, 5.74) is 1.59. The summed E-state index contributed by atoms with van der Waals surface area (Å²) in [4.78, 5) is 52.8. The highest BCUT2D eigenvalue weighted by atomic mass is 19.4. The van der Waals surface area contributed by atoms with Gasteiger partial charge in [0.15, 0.2) is 0 Å². The van der Waals surface area contributed by atoms with Crippen LogP contribution in [0.25, 0.3) is 11.1 Å². The number of rotatable bonds is 6. The van der Waals surface area contributed by atoms with Gasteiger partial charge in [-0.25, -0.2) is 4.79 Å². The van der Waals surface area contributed by atoms with Crippen molar-refractivity contribution in [3.05, 3.63) is 48.0 Å². The van der Waals surface area contributed by atoms with Gasteiger partial charge < -0.3 is 19.3 Å². The fourth-order valence-electron chi connectivity index (χ4n) is 6.63. The lowest BCUT2D eigenvalue weighted by molar-refractivity contribution is -0.192. The minimum Gasteiger partial charge on any atom is -0.497 e. The van der Waals surface area contributed by atoms with Crippen molar-refractivity contribution >= 4 is 23.8 Å². The maximum atomic E-state index is 13.6. The first-order valence-electron chi connectivity index (χ1n) is 13.7. The van der Waals surface area contributed by atoms with Gasteiger partial charge in [-0.05, 0) is 62.1 Å². The second kappa shape index (κ2) is 12.2. The molecule has 5 rings (SSSR count). The molecule has 0 spiro atoms. The molecule has 3 saturated heterocycles. The summed E-state index contributed by atoms with van der Waals surface area (Å²) >= 11 is 0. The molecule has 1 N–H and O–H groups in total. The van der Waals surface area contributed by atoms with Crippen LogP contribution in [-0.4, -0.2) is 84.8 Å². The van der Waals surface area contributed by atoms with Crippen molar-refractivity contribution in [3.8, 4) is 22.6 Å². The Morgan fingerprint density at radius 3 is 2.19 bits per heavy atom. The molecule has 0 aliphatic carbocycles. The molecule has 0 unspecified atom stereocenters. The number of halogens is 3. The SMILES string of the molecule is CCN1C(=O)[C@@H]2[C@@H](c3ccc(-c4ccc(OC)cc4)c(OC)c3)N3CCCC[C@@]3(C(=O)OC)[C@@H]2C1=O.O=C(O)C(F)(F)F. The van der Waals surface area contributed by atoms with Gasteiger partial charge >= 0.3 is 18.1 Å². The van der Waals surface area contributed by atoms with E-state index in [0.717, 1.165) is 35.3 Å². The van der Waals surface area contributed by atoms with Crippen molar-refractivity contribution in [1.82, 2.24) is 9.80 Å². The smallest absolute Gasteiger partial charge is 0.490 e. The van der Waals surface area contributed by atoms with E-state index in [4.69, 9.17) is 24.1 Å². The number of fused-ring (bicyclic) bond motifs is 3. The number of carboxylic acids is 1. The predicted molar refractivity (Wildman–Crippen MR) is 146 cm³/mol. The number of alkyl halides is 3. The molecule has 232 valence electrons. The van der Waals surface area contributed by atoms with Gasteiger partial charge in [0.1, 0.15) is 17.0 Å². The third-order valence-corrected chi connectivity index (χ3v) is 8.42. The average Bonchev–Trinajstić information content (AvgIpc) is 3.45. The molecule has 13 heteroatoms. The van der Waals surface area contributed by atoms with Crippen molar-refractivity contribution < 1.29 is 51.7 Å². The molecule has 4 atom stereocenters. The quantitative estimate of drug-likeness (QED) is 0.383. The van der Waals surface area contributed by atoms with Gasteiger partial charge in [-0.3, -0.25) is 24.2 Å². The van der Waals surface area contributed by atoms with Gasteiger partial charge in [0, 0.05) is 18.2 Å². The molecule has 3 aliphatic rings. The number of methoxy groups -OCH3 is 3. The Bertz CT molecular complexity index is 1400. The Morgan fingerprint density at radius 2 is 1.65 bits per heavy atom.